The van der Waals surface area contributed by atoms with Gasteiger partial charge in [-0.05, 0) is 40.4 Å². The molecule has 1 aliphatic heterocycles. The second-order valence-corrected chi connectivity index (χ2v) is 9.77. The average Bonchev–Trinajstić information content (AvgIpc) is 2.92. The maximum Gasteiger partial charge on any atom is 0.245 e. The minimum Gasteiger partial charge on any atom is -0.312 e. The molecule has 1 aromatic heterocycles. The van der Waals surface area contributed by atoms with Gasteiger partial charge in [0.15, 0.2) is 0 Å². The van der Waals surface area contributed by atoms with E-state index in [1.54, 1.807) is 10.4 Å². The molecule has 2 atom stereocenters. The summed E-state index contributed by atoms with van der Waals surface area (Å²) in [5, 5.41) is 3.22. The van der Waals surface area contributed by atoms with Gasteiger partial charge in [-0.3, -0.25) is 0 Å². The van der Waals surface area contributed by atoms with Crippen molar-refractivity contribution in [3.8, 4) is 0 Å². The SMILES string of the molecule is CCNCc1cc(S(=O)(=O)N2CC(C)C(C)C2)c(Br)s1. The average molecular weight is 381 g/mol. The maximum absolute atomic E-state index is 12.7. The molecule has 1 aromatic rings. The van der Waals surface area contributed by atoms with Crippen LogP contribution in [0.4, 0.5) is 0 Å². The van der Waals surface area contributed by atoms with Crippen LogP contribution < -0.4 is 5.32 Å². The summed E-state index contributed by atoms with van der Waals surface area (Å²) in [7, 11) is -3.37. The molecule has 1 aliphatic rings. The Morgan fingerprint density at radius 1 is 1.40 bits per heavy atom. The molecule has 114 valence electrons. The molecule has 1 N–H and O–H groups in total. The fourth-order valence-electron chi connectivity index (χ4n) is 2.32. The van der Waals surface area contributed by atoms with Crippen LogP contribution in [0, 0.1) is 11.8 Å². The fraction of sp³-hybridized carbons (Fsp3) is 0.692. The molecule has 0 aliphatic carbocycles. The van der Waals surface area contributed by atoms with Gasteiger partial charge >= 0.3 is 0 Å². The second-order valence-electron chi connectivity index (χ2n) is 5.41. The third-order valence-electron chi connectivity index (χ3n) is 3.83. The van der Waals surface area contributed by atoms with Crippen LogP contribution in [0.3, 0.4) is 0 Å². The van der Waals surface area contributed by atoms with E-state index < -0.39 is 10.0 Å². The van der Waals surface area contributed by atoms with Gasteiger partial charge in [-0.1, -0.05) is 20.8 Å². The highest BCUT2D eigenvalue weighted by Crippen LogP contribution is 2.36. The van der Waals surface area contributed by atoms with E-state index in [9.17, 15) is 8.42 Å². The molecule has 1 fully saturated rings. The zero-order chi connectivity index (χ0) is 14.9. The van der Waals surface area contributed by atoms with Crippen molar-refractivity contribution in [1.82, 2.24) is 9.62 Å². The summed E-state index contributed by atoms with van der Waals surface area (Å²) in [5.41, 5.74) is 0. The van der Waals surface area contributed by atoms with E-state index in [0.717, 1.165) is 11.4 Å². The first-order valence-electron chi connectivity index (χ1n) is 6.85. The quantitative estimate of drug-likeness (QED) is 0.853. The molecule has 2 unspecified atom stereocenters. The van der Waals surface area contributed by atoms with Crippen molar-refractivity contribution in [2.75, 3.05) is 19.6 Å². The number of thiophene rings is 1. The van der Waals surface area contributed by atoms with Gasteiger partial charge in [-0.25, -0.2) is 8.42 Å². The highest BCUT2D eigenvalue weighted by molar-refractivity contribution is 9.11. The molecule has 0 saturated carbocycles. The molecule has 1 saturated heterocycles. The first-order valence-corrected chi connectivity index (χ1v) is 9.90. The Morgan fingerprint density at radius 3 is 2.55 bits per heavy atom. The molecule has 2 rings (SSSR count). The zero-order valence-electron chi connectivity index (χ0n) is 12.0. The molecule has 0 spiro atoms. The molecule has 0 amide bonds. The Balaban J connectivity index is 2.24. The van der Waals surface area contributed by atoms with E-state index in [0.29, 0.717) is 40.2 Å². The summed E-state index contributed by atoms with van der Waals surface area (Å²) in [6.45, 7) is 9.08. The third-order valence-corrected chi connectivity index (χ3v) is 7.91. The van der Waals surface area contributed by atoms with E-state index >= 15 is 0 Å². The van der Waals surface area contributed by atoms with Gasteiger partial charge in [-0.2, -0.15) is 4.31 Å². The van der Waals surface area contributed by atoms with Crippen LogP contribution in [0.15, 0.2) is 14.7 Å². The Kier molecular flexibility index (Phi) is 5.29. The van der Waals surface area contributed by atoms with Crippen molar-refractivity contribution in [3.05, 3.63) is 14.7 Å². The standard InChI is InChI=1S/C13H21BrN2O2S2/c1-4-15-6-11-5-12(13(14)19-11)20(17,18)16-7-9(2)10(3)8-16/h5,9-10,15H,4,6-8H2,1-3H3. The lowest BCUT2D eigenvalue weighted by atomic mass is 10.0. The van der Waals surface area contributed by atoms with Gasteiger partial charge in [-0.15, -0.1) is 11.3 Å². The van der Waals surface area contributed by atoms with Crippen LogP contribution in [0.1, 0.15) is 25.6 Å². The molecular formula is C13H21BrN2O2S2. The number of nitrogens with zero attached hydrogens (tertiary/aromatic N) is 1. The predicted molar refractivity (Wildman–Crippen MR) is 86.5 cm³/mol. The summed E-state index contributed by atoms with van der Waals surface area (Å²) in [4.78, 5) is 1.45. The van der Waals surface area contributed by atoms with E-state index in [-0.39, 0.29) is 0 Å². The van der Waals surface area contributed by atoms with Gasteiger partial charge in [0.05, 0.1) is 3.79 Å². The molecule has 20 heavy (non-hydrogen) atoms. The van der Waals surface area contributed by atoms with Crippen LogP contribution in [0.2, 0.25) is 0 Å². The minimum absolute atomic E-state index is 0.414. The largest absolute Gasteiger partial charge is 0.312 e. The molecule has 2 heterocycles. The summed E-state index contributed by atoms with van der Waals surface area (Å²) < 4.78 is 27.8. The van der Waals surface area contributed by atoms with Crippen LogP contribution in [0.25, 0.3) is 0 Å². The van der Waals surface area contributed by atoms with Gasteiger partial charge in [0.2, 0.25) is 10.0 Å². The minimum atomic E-state index is -3.37. The van der Waals surface area contributed by atoms with Crippen molar-refractivity contribution in [1.29, 1.82) is 0 Å². The number of hydrogen-bond donors (Lipinski definition) is 1. The van der Waals surface area contributed by atoms with Crippen molar-refractivity contribution < 1.29 is 8.42 Å². The molecular weight excluding hydrogens is 360 g/mol. The first kappa shape index (κ1) is 16.4. The molecule has 0 radical (unpaired) electrons. The number of hydrogen-bond acceptors (Lipinski definition) is 4. The molecule has 4 nitrogen and oxygen atoms in total. The zero-order valence-corrected chi connectivity index (χ0v) is 15.2. The number of rotatable bonds is 5. The van der Waals surface area contributed by atoms with Crippen molar-refractivity contribution >= 4 is 37.3 Å². The van der Waals surface area contributed by atoms with Gasteiger partial charge < -0.3 is 5.32 Å². The Hall–Kier alpha value is 0.0500. The van der Waals surface area contributed by atoms with Crippen LogP contribution in [-0.4, -0.2) is 32.4 Å². The van der Waals surface area contributed by atoms with Gasteiger partial charge in [0.1, 0.15) is 4.90 Å². The normalized spacial score (nSPS) is 24.4. The van der Waals surface area contributed by atoms with E-state index in [1.165, 1.54) is 11.3 Å². The Morgan fingerprint density at radius 2 is 2.00 bits per heavy atom. The van der Waals surface area contributed by atoms with Crippen molar-refractivity contribution in [3.63, 3.8) is 0 Å². The first-order chi connectivity index (χ1) is 9.36. The number of halogens is 1. The molecule has 0 aromatic carbocycles. The monoisotopic (exact) mass is 380 g/mol. The fourth-order valence-corrected chi connectivity index (χ4v) is 6.56. The maximum atomic E-state index is 12.7. The van der Waals surface area contributed by atoms with E-state index in [2.05, 4.69) is 35.1 Å². The van der Waals surface area contributed by atoms with Gasteiger partial charge in [0, 0.05) is 24.5 Å². The Labute approximate surface area is 133 Å². The van der Waals surface area contributed by atoms with E-state index in [4.69, 9.17) is 0 Å². The third kappa shape index (κ3) is 3.27. The topological polar surface area (TPSA) is 49.4 Å². The molecule has 0 bridgehead atoms. The van der Waals surface area contributed by atoms with Crippen LogP contribution in [0.5, 0.6) is 0 Å². The lowest BCUT2D eigenvalue weighted by Crippen LogP contribution is -2.29. The summed E-state index contributed by atoms with van der Waals surface area (Å²) in [6.07, 6.45) is 0. The van der Waals surface area contributed by atoms with Crippen molar-refractivity contribution in [2.45, 2.75) is 32.2 Å². The summed E-state index contributed by atoms with van der Waals surface area (Å²) in [5.74, 6) is 0.840. The van der Waals surface area contributed by atoms with E-state index in [1.807, 2.05) is 6.92 Å². The molecule has 7 heteroatoms. The number of nitrogens with one attached hydrogen (secondary N) is 1. The number of sulfonamides is 1. The van der Waals surface area contributed by atoms with Crippen molar-refractivity contribution in [2.24, 2.45) is 11.8 Å². The van der Waals surface area contributed by atoms with Crippen LogP contribution in [-0.2, 0) is 16.6 Å². The Bertz CT molecular complexity index is 561. The lowest BCUT2D eigenvalue weighted by Gasteiger charge is -2.15. The lowest BCUT2D eigenvalue weighted by molar-refractivity contribution is 0.463. The van der Waals surface area contributed by atoms with Crippen LogP contribution >= 0.6 is 27.3 Å². The predicted octanol–water partition coefficient (Wildman–Crippen LogP) is 2.90. The highest BCUT2D eigenvalue weighted by Gasteiger charge is 2.36. The van der Waals surface area contributed by atoms with Gasteiger partial charge in [0.25, 0.3) is 0 Å². The second kappa shape index (κ2) is 6.44. The summed E-state index contributed by atoms with van der Waals surface area (Å²) in [6, 6.07) is 1.79. The summed E-state index contributed by atoms with van der Waals surface area (Å²) >= 11 is 4.90. The highest BCUT2D eigenvalue weighted by atomic mass is 79.9. The smallest absolute Gasteiger partial charge is 0.245 e.